The maximum absolute atomic E-state index is 14.7. The van der Waals surface area contributed by atoms with Crippen molar-refractivity contribution in [2.45, 2.75) is 33.2 Å². The predicted octanol–water partition coefficient (Wildman–Crippen LogP) is 4.92. The van der Waals surface area contributed by atoms with E-state index in [2.05, 4.69) is 12.2 Å². The third-order valence-electron chi connectivity index (χ3n) is 5.77. The van der Waals surface area contributed by atoms with E-state index in [-0.39, 0.29) is 11.6 Å². The second-order valence-electron chi connectivity index (χ2n) is 7.77. The maximum atomic E-state index is 14.7. The van der Waals surface area contributed by atoms with Gasteiger partial charge in [-0.2, -0.15) is 0 Å². The molecule has 0 bridgehead atoms. The second kappa shape index (κ2) is 7.41. The number of hydrogen-bond acceptors (Lipinski definition) is 3. The van der Waals surface area contributed by atoms with Crippen LogP contribution in [0.15, 0.2) is 30.3 Å². The molecular formula is C22H25F2N3O. The molecule has 2 aromatic carbocycles. The molecule has 2 aromatic rings. The van der Waals surface area contributed by atoms with Crippen LogP contribution >= 0.6 is 0 Å². The second-order valence-corrected chi connectivity index (χ2v) is 7.77. The molecule has 1 fully saturated rings. The zero-order chi connectivity index (χ0) is 19.8. The van der Waals surface area contributed by atoms with Gasteiger partial charge in [-0.05, 0) is 61.6 Å². The molecule has 0 unspecified atom stereocenters. The normalized spacial score (nSPS) is 17.2. The highest BCUT2D eigenvalue weighted by Gasteiger charge is 2.26. The van der Waals surface area contributed by atoms with Crippen LogP contribution in [0.4, 0.5) is 25.8 Å². The number of nitrogens with one attached hydrogen (secondary N) is 1. The van der Waals surface area contributed by atoms with E-state index >= 15 is 0 Å². The summed E-state index contributed by atoms with van der Waals surface area (Å²) < 4.78 is 29.4. The van der Waals surface area contributed by atoms with E-state index in [1.807, 2.05) is 13.0 Å². The van der Waals surface area contributed by atoms with Crippen LogP contribution in [0.1, 0.15) is 42.6 Å². The van der Waals surface area contributed by atoms with Gasteiger partial charge in [-0.25, -0.2) is 8.78 Å². The molecule has 0 saturated carbocycles. The highest BCUT2D eigenvalue weighted by atomic mass is 19.1. The number of rotatable bonds is 4. The highest BCUT2D eigenvalue weighted by molar-refractivity contribution is 5.98. The molecular weight excluding hydrogens is 360 g/mol. The van der Waals surface area contributed by atoms with Gasteiger partial charge in [0.1, 0.15) is 5.69 Å². The van der Waals surface area contributed by atoms with Crippen molar-refractivity contribution in [3.63, 3.8) is 0 Å². The summed E-state index contributed by atoms with van der Waals surface area (Å²) in [6, 6.07) is 8.09. The minimum Gasteiger partial charge on any atom is -0.367 e. The Balaban J connectivity index is 1.54. The number of amides is 1. The standard InChI is InChI=1S/C22H25F2N3O/c1-3-26-13-15-10-16(4-5-18(15)22(26)28)25-17-11-19(23)21(20(24)12-17)27-8-6-14(2)7-9-27/h4-5,10-12,14,25H,3,6-9,13H2,1-2H3. The zero-order valence-corrected chi connectivity index (χ0v) is 16.3. The first-order valence-corrected chi connectivity index (χ1v) is 9.89. The third kappa shape index (κ3) is 3.43. The Bertz CT molecular complexity index is 884. The summed E-state index contributed by atoms with van der Waals surface area (Å²) in [6.07, 6.45) is 1.89. The molecule has 2 aliphatic heterocycles. The summed E-state index contributed by atoms with van der Waals surface area (Å²) in [7, 11) is 0. The fourth-order valence-corrected chi connectivity index (χ4v) is 4.05. The molecule has 4 rings (SSSR count). The molecule has 0 radical (unpaired) electrons. The van der Waals surface area contributed by atoms with Gasteiger partial charge in [0.15, 0.2) is 11.6 Å². The van der Waals surface area contributed by atoms with E-state index < -0.39 is 11.6 Å². The van der Waals surface area contributed by atoms with Gasteiger partial charge in [0.05, 0.1) is 0 Å². The summed E-state index contributed by atoms with van der Waals surface area (Å²) in [6.45, 7) is 6.68. The molecule has 6 heteroatoms. The van der Waals surface area contributed by atoms with Crippen molar-refractivity contribution in [1.82, 2.24) is 4.90 Å². The average Bonchev–Trinajstić information content (AvgIpc) is 2.98. The Labute approximate surface area is 164 Å². The molecule has 4 nitrogen and oxygen atoms in total. The smallest absolute Gasteiger partial charge is 0.254 e. The number of carbonyl (C=O) groups is 1. The number of benzene rings is 2. The van der Waals surface area contributed by atoms with Gasteiger partial charge < -0.3 is 15.1 Å². The number of nitrogens with zero attached hydrogens (tertiary/aromatic N) is 2. The molecule has 0 atom stereocenters. The van der Waals surface area contributed by atoms with Crippen LogP contribution in [0.2, 0.25) is 0 Å². The molecule has 2 aliphatic rings. The van der Waals surface area contributed by atoms with E-state index in [4.69, 9.17) is 0 Å². The topological polar surface area (TPSA) is 35.6 Å². The van der Waals surface area contributed by atoms with Gasteiger partial charge in [0, 0.05) is 43.1 Å². The SMILES string of the molecule is CCN1Cc2cc(Nc3cc(F)c(N4CCC(C)CC4)c(F)c3)ccc2C1=O. The number of anilines is 3. The zero-order valence-electron chi connectivity index (χ0n) is 16.3. The van der Waals surface area contributed by atoms with Gasteiger partial charge in [0.25, 0.3) is 5.91 Å². The summed E-state index contributed by atoms with van der Waals surface area (Å²) in [5.41, 5.74) is 2.76. The van der Waals surface area contributed by atoms with Crippen LogP contribution in [0.3, 0.4) is 0 Å². The molecule has 0 spiro atoms. The van der Waals surface area contributed by atoms with Crippen LogP contribution in [-0.4, -0.2) is 30.4 Å². The molecule has 28 heavy (non-hydrogen) atoms. The van der Waals surface area contributed by atoms with Gasteiger partial charge in [-0.3, -0.25) is 4.79 Å². The quantitative estimate of drug-likeness (QED) is 0.811. The Kier molecular flexibility index (Phi) is 4.96. The van der Waals surface area contributed by atoms with Crippen LogP contribution in [0.5, 0.6) is 0 Å². The Morgan fingerprint density at radius 2 is 1.75 bits per heavy atom. The lowest BCUT2D eigenvalue weighted by Crippen LogP contribution is -2.34. The first kappa shape index (κ1) is 18.7. The van der Waals surface area contributed by atoms with Gasteiger partial charge in [-0.1, -0.05) is 6.92 Å². The summed E-state index contributed by atoms with van der Waals surface area (Å²) in [5, 5.41) is 3.07. The average molecular weight is 385 g/mol. The Morgan fingerprint density at radius 3 is 2.39 bits per heavy atom. The van der Waals surface area contributed by atoms with Crippen LogP contribution in [0.25, 0.3) is 0 Å². The van der Waals surface area contributed by atoms with Crippen molar-refractivity contribution in [3.05, 3.63) is 53.1 Å². The minimum atomic E-state index is -0.550. The fraction of sp³-hybridized carbons (Fsp3) is 0.409. The molecule has 1 saturated heterocycles. The third-order valence-corrected chi connectivity index (χ3v) is 5.77. The van der Waals surface area contributed by atoms with Crippen molar-refractivity contribution in [3.8, 4) is 0 Å². The monoisotopic (exact) mass is 385 g/mol. The summed E-state index contributed by atoms with van der Waals surface area (Å²) in [5.74, 6) is -0.476. The molecule has 148 valence electrons. The Morgan fingerprint density at radius 1 is 1.07 bits per heavy atom. The first-order valence-electron chi connectivity index (χ1n) is 9.89. The van der Waals surface area contributed by atoms with Crippen molar-refractivity contribution >= 4 is 23.0 Å². The molecule has 0 aliphatic carbocycles. The van der Waals surface area contributed by atoms with Gasteiger partial charge in [-0.15, -0.1) is 0 Å². The lowest BCUT2D eigenvalue weighted by molar-refractivity contribution is 0.0787. The summed E-state index contributed by atoms with van der Waals surface area (Å²) in [4.78, 5) is 15.8. The van der Waals surface area contributed by atoms with Crippen LogP contribution in [0, 0.1) is 17.6 Å². The number of piperidine rings is 1. The number of hydrogen-bond donors (Lipinski definition) is 1. The largest absolute Gasteiger partial charge is 0.367 e. The van der Waals surface area contributed by atoms with E-state index in [1.165, 1.54) is 12.1 Å². The number of fused-ring (bicyclic) bond motifs is 1. The van der Waals surface area contributed by atoms with E-state index in [0.717, 1.165) is 18.4 Å². The van der Waals surface area contributed by atoms with E-state index in [1.54, 1.807) is 21.9 Å². The molecule has 1 N–H and O–H groups in total. The maximum Gasteiger partial charge on any atom is 0.254 e. The van der Waals surface area contributed by atoms with Crippen molar-refractivity contribution in [2.75, 3.05) is 29.9 Å². The molecule has 1 amide bonds. The molecule has 0 aromatic heterocycles. The van der Waals surface area contributed by atoms with E-state index in [0.29, 0.717) is 49.0 Å². The lowest BCUT2D eigenvalue weighted by atomic mass is 9.98. The number of carbonyl (C=O) groups excluding carboxylic acids is 1. The van der Waals surface area contributed by atoms with Crippen LogP contribution in [-0.2, 0) is 6.54 Å². The molecule has 2 heterocycles. The predicted molar refractivity (Wildman–Crippen MR) is 107 cm³/mol. The van der Waals surface area contributed by atoms with Gasteiger partial charge in [0.2, 0.25) is 0 Å². The lowest BCUT2D eigenvalue weighted by Gasteiger charge is -2.32. The fourth-order valence-electron chi connectivity index (χ4n) is 4.05. The van der Waals surface area contributed by atoms with Gasteiger partial charge >= 0.3 is 0 Å². The Hall–Kier alpha value is -2.63. The van der Waals surface area contributed by atoms with E-state index in [9.17, 15) is 13.6 Å². The van der Waals surface area contributed by atoms with Crippen molar-refractivity contribution in [1.29, 1.82) is 0 Å². The summed E-state index contributed by atoms with van der Waals surface area (Å²) >= 11 is 0. The van der Waals surface area contributed by atoms with Crippen LogP contribution < -0.4 is 10.2 Å². The van der Waals surface area contributed by atoms with Crippen molar-refractivity contribution < 1.29 is 13.6 Å². The first-order chi connectivity index (χ1) is 13.5. The minimum absolute atomic E-state index is 0.0290. The highest BCUT2D eigenvalue weighted by Crippen LogP contribution is 2.32. The number of halogens is 2. The van der Waals surface area contributed by atoms with Crippen molar-refractivity contribution in [2.24, 2.45) is 5.92 Å².